The van der Waals surface area contributed by atoms with Gasteiger partial charge in [0.25, 0.3) is 0 Å². The van der Waals surface area contributed by atoms with Gasteiger partial charge in [0, 0.05) is 5.54 Å². The normalized spacial score (nSPS) is 11.2. The number of ketones is 1. The molecule has 2 nitrogen and oxygen atoms in total. The van der Waals surface area contributed by atoms with Gasteiger partial charge in [0.2, 0.25) is 0 Å². The lowest BCUT2D eigenvalue weighted by molar-refractivity contribution is -0.113. The molecule has 0 aliphatic heterocycles. The highest BCUT2D eigenvalue weighted by atomic mass is 16.1. The van der Waals surface area contributed by atoms with Crippen molar-refractivity contribution in [2.24, 2.45) is 5.73 Å². The summed E-state index contributed by atoms with van der Waals surface area (Å²) in [5, 5.41) is 0. The SMILES string of the molecule is C=C(C)C(=O)[CH]C(C)(C)N. The number of allylic oxidation sites excluding steroid dienone is 1. The van der Waals surface area contributed by atoms with Crippen molar-refractivity contribution in [3.8, 4) is 0 Å². The number of Topliss-reactive ketones (excluding diaryl/α,β-unsaturated/α-hetero) is 1. The summed E-state index contributed by atoms with van der Waals surface area (Å²) in [6.45, 7) is 8.72. The standard InChI is InChI=1S/C8H14NO/c1-6(2)7(10)5-8(3,4)9/h5H,1,9H2,2-4H3. The first-order valence-corrected chi connectivity index (χ1v) is 3.17. The van der Waals surface area contributed by atoms with Crippen LogP contribution < -0.4 is 5.73 Å². The van der Waals surface area contributed by atoms with E-state index in [-0.39, 0.29) is 5.78 Å². The summed E-state index contributed by atoms with van der Waals surface area (Å²) in [6.07, 6.45) is 1.47. The van der Waals surface area contributed by atoms with Crippen LogP contribution in [0.3, 0.4) is 0 Å². The van der Waals surface area contributed by atoms with E-state index in [1.165, 1.54) is 6.42 Å². The van der Waals surface area contributed by atoms with Crippen LogP contribution in [0.2, 0.25) is 0 Å². The zero-order valence-corrected chi connectivity index (χ0v) is 6.77. The Morgan fingerprint density at radius 1 is 1.60 bits per heavy atom. The van der Waals surface area contributed by atoms with Crippen LogP contribution in [0.15, 0.2) is 12.2 Å². The summed E-state index contributed by atoms with van der Waals surface area (Å²) >= 11 is 0. The van der Waals surface area contributed by atoms with Crippen molar-refractivity contribution in [3.63, 3.8) is 0 Å². The van der Waals surface area contributed by atoms with E-state index in [0.29, 0.717) is 5.57 Å². The second-order valence-corrected chi connectivity index (χ2v) is 3.11. The van der Waals surface area contributed by atoms with Gasteiger partial charge in [-0.2, -0.15) is 0 Å². The molecule has 0 aromatic rings. The average Bonchev–Trinajstić information content (AvgIpc) is 1.60. The fourth-order valence-corrected chi connectivity index (χ4v) is 0.461. The van der Waals surface area contributed by atoms with Gasteiger partial charge in [-0.05, 0) is 26.3 Å². The molecule has 0 atom stereocenters. The van der Waals surface area contributed by atoms with Gasteiger partial charge in [0.1, 0.15) is 0 Å². The van der Waals surface area contributed by atoms with Crippen molar-refractivity contribution in [2.75, 3.05) is 0 Å². The smallest absolute Gasteiger partial charge is 0.163 e. The molecule has 0 aromatic heterocycles. The molecule has 0 amide bonds. The van der Waals surface area contributed by atoms with Gasteiger partial charge >= 0.3 is 0 Å². The number of hydrogen-bond donors (Lipinski definition) is 1. The highest BCUT2D eigenvalue weighted by Gasteiger charge is 2.16. The van der Waals surface area contributed by atoms with Crippen molar-refractivity contribution in [3.05, 3.63) is 18.6 Å². The van der Waals surface area contributed by atoms with Crippen LogP contribution in [0, 0.1) is 6.42 Å². The largest absolute Gasteiger partial charge is 0.325 e. The van der Waals surface area contributed by atoms with E-state index in [0.717, 1.165) is 0 Å². The first-order chi connectivity index (χ1) is 4.33. The highest BCUT2D eigenvalue weighted by molar-refractivity contribution is 6.01. The predicted octanol–water partition coefficient (Wildman–Crippen LogP) is 1.07. The van der Waals surface area contributed by atoms with Crippen LogP contribution in [0.4, 0.5) is 0 Å². The monoisotopic (exact) mass is 140 g/mol. The highest BCUT2D eigenvalue weighted by Crippen LogP contribution is 2.06. The van der Waals surface area contributed by atoms with Gasteiger partial charge in [-0.15, -0.1) is 0 Å². The van der Waals surface area contributed by atoms with Gasteiger partial charge in [0.15, 0.2) is 5.78 Å². The fourth-order valence-electron chi connectivity index (χ4n) is 0.461. The maximum atomic E-state index is 10.9. The second-order valence-electron chi connectivity index (χ2n) is 3.11. The van der Waals surface area contributed by atoms with Crippen LogP contribution in [-0.2, 0) is 4.79 Å². The molecule has 0 unspecified atom stereocenters. The Hall–Kier alpha value is -0.630. The van der Waals surface area contributed by atoms with E-state index in [9.17, 15) is 4.79 Å². The molecule has 0 saturated carbocycles. The molecule has 0 aromatic carbocycles. The third-order valence-electron chi connectivity index (χ3n) is 0.924. The lowest BCUT2D eigenvalue weighted by Gasteiger charge is -2.15. The van der Waals surface area contributed by atoms with E-state index < -0.39 is 5.54 Å². The Bertz CT molecular complexity index is 153. The molecule has 0 spiro atoms. The van der Waals surface area contributed by atoms with Gasteiger partial charge in [-0.1, -0.05) is 6.58 Å². The molecule has 0 bridgehead atoms. The van der Waals surface area contributed by atoms with Gasteiger partial charge in [-0.3, -0.25) is 4.79 Å². The molecule has 2 heteroatoms. The van der Waals surface area contributed by atoms with E-state index in [2.05, 4.69) is 6.58 Å². The third-order valence-corrected chi connectivity index (χ3v) is 0.924. The lowest BCUT2D eigenvalue weighted by Crippen LogP contribution is -2.35. The maximum Gasteiger partial charge on any atom is 0.163 e. The van der Waals surface area contributed by atoms with Gasteiger partial charge < -0.3 is 5.73 Å². The van der Waals surface area contributed by atoms with Crippen molar-refractivity contribution in [1.29, 1.82) is 0 Å². The molecule has 0 aliphatic carbocycles. The average molecular weight is 140 g/mol. The van der Waals surface area contributed by atoms with Crippen LogP contribution >= 0.6 is 0 Å². The second kappa shape index (κ2) is 2.97. The molecule has 2 N–H and O–H groups in total. The zero-order valence-electron chi connectivity index (χ0n) is 6.77. The zero-order chi connectivity index (χ0) is 8.36. The summed E-state index contributed by atoms with van der Waals surface area (Å²) in [7, 11) is 0. The fraction of sp³-hybridized carbons (Fsp3) is 0.500. The van der Waals surface area contributed by atoms with Gasteiger partial charge in [-0.25, -0.2) is 0 Å². The summed E-state index contributed by atoms with van der Waals surface area (Å²) in [4.78, 5) is 10.9. The molecule has 1 radical (unpaired) electrons. The number of carbonyl (C=O) groups is 1. The quantitative estimate of drug-likeness (QED) is 0.596. The van der Waals surface area contributed by atoms with Crippen molar-refractivity contribution < 1.29 is 4.79 Å². The Kier molecular flexibility index (Phi) is 2.78. The van der Waals surface area contributed by atoms with Crippen LogP contribution in [0.25, 0.3) is 0 Å². The van der Waals surface area contributed by atoms with Crippen molar-refractivity contribution in [2.45, 2.75) is 26.3 Å². The summed E-state index contributed by atoms with van der Waals surface area (Å²) in [5.41, 5.74) is 5.55. The van der Waals surface area contributed by atoms with Crippen molar-refractivity contribution >= 4 is 5.78 Å². The number of nitrogens with two attached hydrogens (primary N) is 1. The minimum Gasteiger partial charge on any atom is -0.325 e. The molecular weight excluding hydrogens is 126 g/mol. The Morgan fingerprint density at radius 3 is 2.10 bits per heavy atom. The molecule has 57 valence electrons. The summed E-state index contributed by atoms with van der Waals surface area (Å²) in [5.74, 6) is -0.0764. The molecule has 10 heavy (non-hydrogen) atoms. The summed E-state index contributed by atoms with van der Waals surface area (Å²) in [6, 6.07) is 0. The minimum atomic E-state index is -0.532. The Morgan fingerprint density at radius 2 is 2.00 bits per heavy atom. The van der Waals surface area contributed by atoms with E-state index in [4.69, 9.17) is 5.73 Å². The topological polar surface area (TPSA) is 43.1 Å². The molecule has 0 heterocycles. The molecule has 0 fully saturated rings. The maximum absolute atomic E-state index is 10.9. The number of rotatable bonds is 3. The minimum absolute atomic E-state index is 0.0764. The molecule has 0 saturated heterocycles. The predicted molar refractivity (Wildman–Crippen MR) is 42.4 cm³/mol. The number of hydrogen-bond acceptors (Lipinski definition) is 2. The lowest BCUT2D eigenvalue weighted by atomic mass is 9.97. The van der Waals surface area contributed by atoms with Crippen molar-refractivity contribution in [1.82, 2.24) is 0 Å². The summed E-state index contributed by atoms with van der Waals surface area (Å²) < 4.78 is 0. The Balaban J connectivity index is 3.93. The van der Waals surface area contributed by atoms with Crippen LogP contribution in [0.5, 0.6) is 0 Å². The van der Waals surface area contributed by atoms with E-state index in [1.807, 2.05) is 0 Å². The first kappa shape index (κ1) is 9.37. The first-order valence-electron chi connectivity index (χ1n) is 3.17. The third kappa shape index (κ3) is 4.27. The molecular formula is C8H14NO. The molecule has 0 rings (SSSR count). The van der Waals surface area contributed by atoms with Crippen LogP contribution in [0.1, 0.15) is 20.8 Å². The van der Waals surface area contributed by atoms with Crippen LogP contribution in [-0.4, -0.2) is 11.3 Å². The number of carbonyl (C=O) groups excluding carboxylic acids is 1. The van der Waals surface area contributed by atoms with E-state index in [1.54, 1.807) is 20.8 Å². The molecule has 0 aliphatic rings. The van der Waals surface area contributed by atoms with E-state index >= 15 is 0 Å². The Labute approximate surface area is 62.1 Å². The van der Waals surface area contributed by atoms with Gasteiger partial charge in [0.05, 0.1) is 6.42 Å².